The van der Waals surface area contributed by atoms with E-state index in [9.17, 15) is 4.39 Å². The lowest BCUT2D eigenvalue weighted by atomic mass is 10.2. The highest BCUT2D eigenvalue weighted by molar-refractivity contribution is 5.48. The molecule has 0 bridgehead atoms. The third-order valence-corrected chi connectivity index (χ3v) is 1.58. The molecule has 1 heterocycles. The van der Waals surface area contributed by atoms with Crippen LogP contribution in [-0.4, -0.2) is 6.79 Å². The van der Waals surface area contributed by atoms with E-state index in [2.05, 4.69) is 0 Å². The van der Waals surface area contributed by atoms with E-state index in [1.54, 1.807) is 6.07 Å². The molecule has 0 fully saturated rings. The summed E-state index contributed by atoms with van der Waals surface area (Å²) in [7, 11) is 0. The van der Waals surface area contributed by atoms with Crippen LogP contribution in [0.4, 0.5) is 4.39 Å². The highest BCUT2D eigenvalue weighted by Crippen LogP contribution is 2.33. The molecule has 0 saturated carbocycles. The molecule has 0 atom stereocenters. The van der Waals surface area contributed by atoms with Crippen LogP contribution in [0.25, 0.3) is 0 Å². The van der Waals surface area contributed by atoms with Gasteiger partial charge in [-0.05, 0) is 0 Å². The molecule has 0 spiro atoms. The summed E-state index contributed by atoms with van der Waals surface area (Å²) in [6, 6.07) is 4.20. The summed E-state index contributed by atoms with van der Waals surface area (Å²) in [4.78, 5) is 0. The molecule has 12 heavy (non-hydrogen) atoms. The zero-order valence-corrected chi connectivity index (χ0v) is 6.00. The van der Waals surface area contributed by atoms with E-state index in [4.69, 9.17) is 14.7 Å². The van der Waals surface area contributed by atoms with Gasteiger partial charge in [0, 0.05) is 12.1 Å². The van der Waals surface area contributed by atoms with Gasteiger partial charge in [0.15, 0.2) is 11.5 Å². The van der Waals surface area contributed by atoms with Gasteiger partial charge >= 0.3 is 0 Å². The van der Waals surface area contributed by atoms with Crippen LogP contribution in [0.3, 0.4) is 0 Å². The maximum absolute atomic E-state index is 12.9. The standard InChI is InChI=1S/C8H4FNO2/c9-6-2-8-7(11-4-12-8)1-5(6)3-10/h1-2H,4H2. The number of nitriles is 1. The fraction of sp³-hybridized carbons (Fsp3) is 0.125. The van der Waals surface area contributed by atoms with Crippen molar-refractivity contribution in [2.24, 2.45) is 0 Å². The highest BCUT2D eigenvalue weighted by atomic mass is 19.1. The van der Waals surface area contributed by atoms with E-state index in [-0.39, 0.29) is 12.4 Å². The molecule has 4 heteroatoms. The lowest BCUT2D eigenvalue weighted by Crippen LogP contribution is -1.92. The van der Waals surface area contributed by atoms with Crippen LogP contribution in [0.15, 0.2) is 12.1 Å². The molecule has 3 nitrogen and oxygen atoms in total. The molecule has 2 rings (SSSR count). The average molecular weight is 165 g/mol. The van der Waals surface area contributed by atoms with Crippen molar-refractivity contribution in [1.29, 1.82) is 5.26 Å². The third kappa shape index (κ3) is 0.873. The largest absolute Gasteiger partial charge is 0.454 e. The van der Waals surface area contributed by atoms with E-state index >= 15 is 0 Å². The first-order valence-electron chi connectivity index (χ1n) is 3.30. The highest BCUT2D eigenvalue weighted by Gasteiger charge is 2.16. The number of benzene rings is 1. The SMILES string of the molecule is N#Cc1cc2c(cc1F)OCO2. The molecule has 1 aliphatic rings. The van der Waals surface area contributed by atoms with E-state index in [1.165, 1.54) is 6.07 Å². The summed E-state index contributed by atoms with van der Waals surface area (Å²) >= 11 is 0. The Labute approximate surface area is 67.9 Å². The maximum Gasteiger partial charge on any atom is 0.231 e. The fourth-order valence-electron chi connectivity index (χ4n) is 1.00. The molecule has 1 aliphatic heterocycles. The summed E-state index contributed by atoms with van der Waals surface area (Å²) in [5.41, 5.74) is -0.0285. The fourth-order valence-corrected chi connectivity index (χ4v) is 1.00. The van der Waals surface area contributed by atoms with Crippen molar-refractivity contribution in [1.82, 2.24) is 0 Å². The Morgan fingerprint density at radius 1 is 1.33 bits per heavy atom. The second-order valence-corrected chi connectivity index (χ2v) is 2.30. The molecule has 0 amide bonds. The van der Waals surface area contributed by atoms with E-state index in [1.807, 2.05) is 0 Å². The van der Waals surface area contributed by atoms with Gasteiger partial charge in [0.1, 0.15) is 11.9 Å². The molecule has 0 N–H and O–H groups in total. The van der Waals surface area contributed by atoms with Crippen LogP contribution in [0.5, 0.6) is 11.5 Å². The van der Waals surface area contributed by atoms with Gasteiger partial charge in [-0.25, -0.2) is 4.39 Å². The molecule has 60 valence electrons. The number of rotatable bonds is 0. The topological polar surface area (TPSA) is 42.2 Å². The summed E-state index contributed by atoms with van der Waals surface area (Å²) in [5.74, 6) is 0.196. The normalized spacial score (nSPS) is 12.7. The number of fused-ring (bicyclic) bond motifs is 1. The predicted molar refractivity (Wildman–Crippen MR) is 37.2 cm³/mol. The van der Waals surface area contributed by atoms with Crippen molar-refractivity contribution >= 4 is 0 Å². The van der Waals surface area contributed by atoms with E-state index in [0.29, 0.717) is 11.5 Å². The van der Waals surface area contributed by atoms with Crippen molar-refractivity contribution in [3.8, 4) is 17.6 Å². The number of nitrogens with zero attached hydrogens (tertiary/aromatic N) is 1. The molecule has 0 unspecified atom stereocenters. The summed E-state index contributed by atoms with van der Waals surface area (Å²) in [6.07, 6.45) is 0. The van der Waals surface area contributed by atoms with Crippen LogP contribution < -0.4 is 9.47 Å². The minimum Gasteiger partial charge on any atom is -0.454 e. The number of hydrogen-bond donors (Lipinski definition) is 0. The first kappa shape index (κ1) is 6.92. The second-order valence-electron chi connectivity index (χ2n) is 2.30. The Kier molecular flexibility index (Phi) is 1.37. The van der Waals surface area contributed by atoms with E-state index < -0.39 is 5.82 Å². The predicted octanol–water partition coefficient (Wildman–Crippen LogP) is 1.43. The average Bonchev–Trinajstić information content (AvgIpc) is 2.49. The van der Waals surface area contributed by atoms with Gasteiger partial charge in [0.25, 0.3) is 0 Å². The minimum absolute atomic E-state index is 0.0285. The Balaban J connectivity index is 2.59. The van der Waals surface area contributed by atoms with Crippen LogP contribution in [0.1, 0.15) is 5.56 Å². The van der Waals surface area contributed by atoms with Gasteiger partial charge in [0.05, 0.1) is 5.56 Å². The van der Waals surface area contributed by atoms with Crippen LogP contribution in [0.2, 0.25) is 0 Å². The molecule has 1 aromatic rings. The smallest absolute Gasteiger partial charge is 0.231 e. The molecule has 0 aliphatic carbocycles. The summed E-state index contributed by atoms with van der Waals surface area (Å²) < 4.78 is 22.8. The van der Waals surface area contributed by atoms with Crippen LogP contribution in [-0.2, 0) is 0 Å². The zero-order chi connectivity index (χ0) is 8.55. The van der Waals surface area contributed by atoms with Gasteiger partial charge in [0.2, 0.25) is 6.79 Å². The quantitative estimate of drug-likeness (QED) is 0.583. The molecule has 1 aromatic carbocycles. The first-order chi connectivity index (χ1) is 5.81. The Hall–Kier alpha value is -1.76. The molecular weight excluding hydrogens is 161 g/mol. The Bertz CT molecular complexity index is 369. The zero-order valence-electron chi connectivity index (χ0n) is 6.00. The number of hydrogen-bond acceptors (Lipinski definition) is 3. The summed E-state index contributed by atoms with van der Waals surface area (Å²) in [6.45, 7) is 0.0870. The summed E-state index contributed by atoms with van der Waals surface area (Å²) in [5, 5.41) is 8.46. The molecule has 0 aromatic heterocycles. The van der Waals surface area contributed by atoms with Crippen LogP contribution in [0, 0.1) is 17.1 Å². The van der Waals surface area contributed by atoms with Gasteiger partial charge in [-0.2, -0.15) is 5.26 Å². The van der Waals surface area contributed by atoms with Gasteiger partial charge in [-0.1, -0.05) is 0 Å². The van der Waals surface area contributed by atoms with Crippen molar-refractivity contribution < 1.29 is 13.9 Å². The molecule has 0 saturated heterocycles. The van der Waals surface area contributed by atoms with Gasteiger partial charge in [-0.15, -0.1) is 0 Å². The number of halogens is 1. The Morgan fingerprint density at radius 2 is 2.00 bits per heavy atom. The van der Waals surface area contributed by atoms with Gasteiger partial charge in [-0.3, -0.25) is 0 Å². The minimum atomic E-state index is -0.582. The number of ether oxygens (including phenoxy) is 2. The monoisotopic (exact) mass is 165 g/mol. The molecular formula is C8H4FNO2. The van der Waals surface area contributed by atoms with Crippen LogP contribution >= 0.6 is 0 Å². The van der Waals surface area contributed by atoms with Crippen molar-refractivity contribution in [2.45, 2.75) is 0 Å². The Morgan fingerprint density at radius 3 is 2.67 bits per heavy atom. The second kappa shape index (κ2) is 2.38. The van der Waals surface area contributed by atoms with Crippen molar-refractivity contribution in [3.05, 3.63) is 23.5 Å². The van der Waals surface area contributed by atoms with E-state index in [0.717, 1.165) is 6.07 Å². The third-order valence-electron chi connectivity index (χ3n) is 1.58. The van der Waals surface area contributed by atoms with Crippen molar-refractivity contribution in [3.63, 3.8) is 0 Å². The molecule has 0 radical (unpaired) electrons. The van der Waals surface area contributed by atoms with Gasteiger partial charge < -0.3 is 9.47 Å². The lowest BCUT2D eigenvalue weighted by Gasteiger charge is -1.96. The first-order valence-corrected chi connectivity index (χ1v) is 3.30. The maximum atomic E-state index is 12.9. The van der Waals surface area contributed by atoms with Crippen molar-refractivity contribution in [2.75, 3.05) is 6.79 Å². The lowest BCUT2D eigenvalue weighted by molar-refractivity contribution is 0.174.